The molecule has 0 spiro atoms. The van der Waals surface area contributed by atoms with Crippen molar-refractivity contribution in [2.75, 3.05) is 0 Å². The Kier molecular flexibility index (Phi) is 2.11. The summed E-state index contributed by atoms with van der Waals surface area (Å²) in [5.41, 5.74) is 3.15. The molecule has 1 aromatic heterocycles. The zero-order valence-electron chi connectivity index (χ0n) is 7.78. The van der Waals surface area contributed by atoms with Crippen molar-refractivity contribution in [3.8, 4) is 0 Å². The maximum absolute atomic E-state index is 10.8. The molecule has 2 rings (SSSR count). The van der Waals surface area contributed by atoms with Crippen LogP contribution < -0.4 is 0 Å². The average Bonchev–Trinajstić information content (AvgIpc) is 2.55. The second-order valence-electron chi connectivity index (χ2n) is 3.10. The van der Waals surface area contributed by atoms with Crippen molar-refractivity contribution < 1.29 is 4.79 Å². The van der Waals surface area contributed by atoms with Crippen molar-refractivity contribution in [2.24, 2.45) is 7.05 Å². The summed E-state index contributed by atoms with van der Waals surface area (Å²) < 4.78 is 2.49. The topological polar surface area (TPSA) is 47.8 Å². The van der Waals surface area contributed by atoms with Gasteiger partial charge in [-0.15, -0.1) is 5.10 Å². The molecule has 5 heteroatoms. The molecule has 4 nitrogen and oxygen atoms in total. The van der Waals surface area contributed by atoms with Gasteiger partial charge in [0, 0.05) is 17.1 Å². The highest BCUT2D eigenvalue weighted by molar-refractivity contribution is 9.10. The first-order chi connectivity index (χ1) is 6.65. The Labute approximate surface area is 89.0 Å². The predicted molar refractivity (Wildman–Crippen MR) is 56.3 cm³/mol. The van der Waals surface area contributed by atoms with Gasteiger partial charge in [-0.2, -0.15) is 0 Å². The van der Waals surface area contributed by atoms with E-state index >= 15 is 0 Å². The van der Waals surface area contributed by atoms with Gasteiger partial charge in [-0.1, -0.05) is 21.1 Å². The Hall–Kier alpha value is -1.23. The molecule has 0 N–H and O–H groups in total. The fourth-order valence-electron chi connectivity index (χ4n) is 1.45. The minimum absolute atomic E-state index is 0.602. The molecule has 0 aliphatic rings. The maximum atomic E-state index is 10.8. The zero-order chi connectivity index (χ0) is 10.3. The van der Waals surface area contributed by atoms with Crippen LogP contribution in [0, 0.1) is 6.92 Å². The Morgan fingerprint density at radius 1 is 1.57 bits per heavy atom. The third kappa shape index (κ3) is 1.16. The van der Waals surface area contributed by atoms with Gasteiger partial charge < -0.3 is 0 Å². The number of fused-ring (bicyclic) bond motifs is 1. The number of benzene rings is 1. The van der Waals surface area contributed by atoms with Gasteiger partial charge >= 0.3 is 0 Å². The number of rotatable bonds is 1. The molecule has 0 radical (unpaired) electrons. The molecule has 0 atom stereocenters. The lowest BCUT2D eigenvalue weighted by Gasteiger charge is -2.01. The van der Waals surface area contributed by atoms with E-state index in [9.17, 15) is 4.79 Å². The number of aldehydes is 1. The van der Waals surface area contributed by atoms with Gasteiger partial charge in [-0.25, -0.2) is 4.68 Å². The molecule has 1 aromatic carbocycles. The number of aryl methyl sites for hydroxylation is 2. The molecular weight excluding hydrogens is 246 g/mol. The standard InChI is InChI=1S/C9H8BrN3O/c1-5-7(10)3-6(4-14)9-8(5)11-12-13(9)2/h3-4H,1-2H3. The van der Waals surface area contributed by atoms with Crippen LogP contribution in [0.15, 0.2) is 10.5 Å². The maximum Gasteiger partial charge on any atom is 0.152 e. The second kappa shape index (κ2) is 3.16. The van der Waals surface area contributed by atoms with Crippen molar-refractivity contribution in [3.05, 3.63) is 21.7 Å². The van der Waals surface area contributed by atoms with E-state index in [4.69, 9.17) is 0 Å². The van der Waals surface area contributed by atoms with E-state index in [1.807, 2.05) is 6.92 Å². The van der Waals surface area contributed by atoms with Gasteiger partial charge in [0.2, 0.25) is 0 Å². The van der Waals surface area contributed by atoms with Gasteiger partial charge in [0.25, 0.3) is 0 Å². The lowest BCUT2D eigenvalue weighted by molar-refractivity contribution is 0.112. The van der Waals surface area contributed by atoms with Crippen LogP contribution in [0.3, 0.4) is 0 Å². The summed E-state index contributed by atoms with van der Waals surface area (Å²) in [6.07, 6.45) is 0.815. The summed E-state index contributed by atoms with van der Waals surface area (Å²) in [6.45, 7) is 1.94. The highest BCUT2D eigenvalue weighted by Crippen LogP contribution is 2.26. The molecular formula is C9H8BrN3O. The van der Waals surface area contributed by atoms with Crippen molar-refractivity contribution >= 4 is 33.2 Å². The van der Waals surface area contributed by atoms with Gasteiger partial charge in [-0.3, -0.25) is 4.79 Å². The van der Waals surface area contributed by atoms with E-state index in [2.05, 4.69) is 26.2 Å². The number of hydrogen-bond donors (Lipinski definition) is 0. The predicted octanol–water partition coefficient (Wildman–Crippen LogP) is 1.85. The first-order valence-corrected chi connectivity index (χ1v) is 4.88. The quantitative estimate of drug-likeness (QED) is 0.729. The van der Waals surface area contributed by atoms with Crippen LogP contribution in [0.1, 0.15) is 15.9 Å². The van der Waals surface area contributed by atoms with Crippen molar-refractivity contribution in [1.82, 2.24) is 15.0 Å². The second-order valence-corrected chi connectivity index (χ2v) is 3.96. The van der Waals surface area contributed by atoms with E-state index in [1.54, 1.807) is 17.8 Å². The van der Waals surface area contributed by atoms with E-state index in [0.717, 1.165) is 27.4 Å². The third-order valence-corrected chi connectivity index (χ3v) is 3.05. The number of aromatic nitrogens is 3. The highest BCUT2D eigenvalue weighted by atomic mass is 79.9. The molecule has 0 unspecified atom stereocenters. The first kappa shape index (κ1) is 9.33. The zero-order valence-corrected chi connectivity index (χ0v) is 9.37. The van der Waals surface area contributed by atoms with Crippen molar-refractivity contribution in [1.29, 1.82) is 0 Å². The minimum atomic E-state index is 0.602. The molecule has 0 amide bonds. The number of hydrogen-bond acceptors (Lipinski definition) is 3. The average molecular weight is 254 g/mol. The third-order valence-electron chi connectivity index (χ3n) is 2.22. The van der Waals surface area contributed by atoms with E-state index < -0.39 is 0 Å². The van der Waals surface area contributed by atoms with Crippen LogP contribution in [-0.2, 0) is 7.05 Å². The summed E-state index contributed by atoms with van der Waals surface area (Å²) in [6, 6.07) is 1.79. The van der Waals surface area contributed by atoms with Crippen LogP contribution in [0.4, 0.5) is 0 Å². The molecule has 0 aliphatic carbocycles. The van der Waals surface area contributed by atoms with Gasteiger partial charge in [0.05, 0.1) is 5.52 Å². The Balaban J connectivity index is 2.99. The van der Waals surface area contributed by atoms with Crippen molar-refractivity contribution in [2.45, 2.75) is 6.92 Å². The molecule has 2 aromatic rings. The summed E-state index contributed by atoms with van der Waals surface area (Å²) in [5.74, 6) is 0. The fraction of sp³-hybridized carbons (Fsp3) is 0.222. The van der Waals surface area contributed by atoms with E-state index in [1.165, 1.54) is 0 Å². The molecule has 14 heavy (non-hydrogen) atoms. The molecule has 0 fully saturated rings. The minimum Gasteiger partial charge on any atom is -0.298 e. The molecule has 1 heterocycles. The number of nitrogens with zero attached hydrogens (tertiary/aromatic N) is 3. The molecule has 0 saturated carbocycles. The van der Waals surface area contributed by atoms with E-state index in [-0.39, 0.29) is 0 Å². The number of carbonyl (C=O) groups is 1. The molecule has 0 aliphatic heterocycles. The molecule has 0 saturated heterocycles. The lowest BCUT2D eigenvalue weighted by Crippen LogP contribution is -1.94. The normalized spacial score (nSPS) is 10.8. The number of halogens is 1. The van der Waals surface area contributed by atoms with Gasteiger partial charge in [-0.05, 0) is 18.6 Å². The highest BCUT2D eigenvalue weighted by Gasteiger charge is 2.12. The molecule has 0 bridgehead atoms. The summed E-state index contributed by atoms with van der Waals surface area (Å²) in [4.78, 5) is 10.8. The molecule has 72 valence electrons. The van der Waals surface area contributed by atoms with Gasteiger partial charge in [0.15, 0.2) is 6.29 Å². The summed E-state index contributed by atoms with van der Waals surface area (Å²) in [7, 11) is 1.77. The van der Waals surface area contributed by atoms with Crippen LogP contribution in [0.25, 0.3) is 11.0 Å². The Morgan fingerprint density at radius 2 is 2.29 bits per heavy atom. The summed E-state index contributed by atoms with van der Waals surface area (Å²) >= 11 is 3.38. The first-order valence-electron chi connectivity index (χ1n) is 4.09. The SMILES string of the molecule is Cc1c(Br)cc(C=O)c2c1nnn2C. The Morgan fingerprint density at radius 3 is 2.93 bits per heavy atom. The van der Waals surface area contributed by atoms with Crippen molar-refractivity contribution in [3.63, 3.8) is 0 Å². The summed E-state index contributed by atoms with van der Waals surface area (Å²) in [5, 5.41) is 7.90. The monoisotopic (exact) mass is 253 g/mol. The lowest BCUT2D eigenvalue weighted by atomic mass is 10.1. The Bertz CT molecular complexity index is 518. The van der Waals surface area contributed by atoms with Crippen LogP contribution in [-0.4, -0.2) is 21.3 Å². The number of carbonyl (C=O) groups excluding carboxylic acids is 1. The van der Waals surface area contributed by atoms with E-state index in [0.29, 0.717) is 5.56 Å². The van der Waals surface area contributed by atoms with Gasteiger partial charge in [0.1, 0.15) is 5.52 Å². The van der Waals surface area contributed by atoms with Crippen LogP contribution in [0.2, 0.25) is 0 Å². The van der Waals surface area contributed by atoms with Crippen LogP contribution in [0.5, 0.6) is 0 Å². The van der Waals surface area contributed by atoms with Crippen LogP contribution >= 0.6 is 15.9 Å². The smallest absolute Gasteiger partial charge is 0.152 e. The fourth-order valence-corrected chi connectivity index (χ4v) is 1.88. The largest absolute Gasteiger partial charge is 0.298 e.